The third-order valence-electron chi connectivity index (χ3n) is 3.61. The Hall–Kier alpha value is -2.57. The molecule has 0 unspecified atom stereocenters. The van der Waals surface area contributed by atoms with Gasteiger partial charge in [-0.05, 0) is 47.2 Å². The van der Waals surface area contributed by atoms with Gasteiger partial charge in [0.05, 0.1) is 17.0 Å². The lowest BCUT2D eigenvalue weighted by atomic mass is 10.1. The summed E-state index contributed by atoms with van der Waals surface area (Å²) in [6, 6.07) is 13.2. The Morgan fingerprint density at radius 3 is 2.48 bits per heavy atom. The van der Waals surface area contributed by atoms with Gasteiger partial charge in [-0.2, -0.15) is 0 Å². The van der Waals surface area contributed by atoms with E-state index in [-0.39, 0.29) is 22.3 Å². The normalized spacial score (nSPS) is 15.9. The highest BCUT2D eigenvalue weighted by molar-refractivity contribution is 8.18. The second-order valence-electron chi connectivity index (χ2n) is 5.29. The first-order valence-electron chi connectivity index (χ1n) is 7.28. The highest BCUT2D eigenvalue weighted by atomic mass is 35.5. The number of amides is 2. The maximum atomic E-state index is 12.5. The number of carbonyl (C=O) groups is 3. The molecule has 0 spiro atoms. The van der Waals surface area contributed by atoms with Crippen LogP contribution in [0.4, 0.5) is 4.79 Å². The average Bonchev–Trinajstić information content (AvgIpc) is 2.84. The van der Waals surface area contributed by atoms with Crippen LogP contribution in [0, 0.1) is 0 Å². The number of nitrogens with zero attached hydrogens (tertiary/aromatic N) is 1. The Balaban J connectivity index is 1.86. The van der Waals surface area contributed by atoms with E-state index >= 15 is 0 Å². The van der Waals surface area contributed by atoms with Crippen LogP contribution in [0.3, 0.4) is 0 Å². The van der Waals surface area contributed by atoms with Gasteiger partial charge in [-0.25, -0.2) is 4.79 Å². The Morgan fingerprint density at radius 1 is 1.12 bits per heavy atom. The predicted octanol–water partition coefficient (Wildman–Crippen LogP) is 4.27. The summed E-state index contributed by atoms with van der Waals surface area (Å²) < 4.78 is 0. The van der Waals surface area contributed by atoms with Gasteiger partial charge in [0.15, 0.2) is 0 Å². The van der Waals surface area contributed by atoms with Crippen LogP contribution in [0.2, 0.25) is 5.02 Å². The molecule has 3 rings (SSSR count). The molecule has 0 aromatic heterocycles. The molecular formula is C18H12ClNO4S. The van der Waals surface area contributed by atoms with Gasteiger partial charge >= 0.3 is 5.97 Å². The second kappa shape index (κ2) is 7.13. The van der Waals surface area contributed by atoms with Crippen molar-refractivity contribution in [3.05, 3.63) is 75.1 Å². The van der Waals surface area contributed by atoms with Crippen molar-refractivity contribution in [3.63, 3.8) is 0 Å². The molecule has 126 valence electrons. The van der Waals surface area contributed by atoms with Gasteiger partial charge in [0.1, 0.15) is 0 Å². The monoisotopic (exact) mass is 373 g/mol. The summed E-state index contributed by atoms with van der Waals surface area (Å²) >= 11 is 6.63. The van der Waals surface area contributed by atoms with Crippen LogP contribution < -0.4 is 0 Å². The fourth-order valence-electron chi connectivity index (χ4n) is 2.37. The molecule has 0 bridgehead atoms. The number of imide groups is 1. The smallest absolute Gasteiger partial charge is 0.336 e. The van der Waals surface area contributed by atoms with Crippen molar-refractivity contribution < 1.29 is 19.5 Å². The molecule has 1 heterocycles. The molecule has 0 aliphatic carbocycles. The minimum Gasteiger partial charge on any atom is -0.478 e. The lowest BCUT2D eigenvalue weighted by Crippen LogP contribution is -2.27. The van der Waals surface area contributed by atoms with E-state index in [0.29, 0.717) is 10.6 Å². The number of carboxylic acid groups (broad SMARTS) is 1. The van der Waals surface area contributed by atoms with Crippen LogP contribution in [0.5, 0.6) is 0 Å². The van der Waals surface area contributed by atoms with Crippen molar-refractivity contribution in [2.75, 3.05) is 0 Å². The predicted molar refractivity (Wildman–Crippen MR) is 96.4 cm³/mol. The van der Waals surface area contributed by atoms with Crippen molar-refractivity contribution >= 4 is 46.6 Å². The summed E-state index contributed by atoms with van der Waals surface area (Å²) in [6.45, 7) is 0.139. The highest BCUT2D eigenvalue weighted by Gasteiger charge is 2.35. The summed E-state index contributed by atoms with van der Waals surface area (Å²) in [5.74, 6) is -1.53. The van der Waals surface area contributed by atoms with Gasteiger partial charge in [-0.3, -0.25) is 14.5 Å². The maximum Gasteiger partial charge on any atom is 0.336 e. The first kappa shape index (κ1) is 17.3. The lowest BCUT2D eigenvalue weighted by molar-refractivity contribution is -0.123. The first-order chi connectivity index (χ1) is 12.0. The molecule has 0 atom stereocenters. The summed E-state index contributed by atoms with van der Waals surface area (Å²) in [5, 5.41) is 9.40. The molecule has 0 radical (unpaired) electrons. The van der Waals surface area contributed by atoms with Gasteiger partial charge < -0.3 is 5.11 Å². The minimum absolute atomic E-state index is 0.0759. The van der Waals surface area contributed by atoms with Crippen molar-refractivity contribution in [1.29, 1.82) is 0 Å². The van der Waals surface area contributed by atoms with E-state index in [9.17, 15) is 19.5 Å². The number of carbonyl (C=O) groups excluding carboxylic acids is 2. The van der Waals surface area contributed by atoms with E-state index < -0.39 is 11.9 Å². The van der Waals surface area contributed by atoms with E-state index in [1.54, 1.807) is 42.5 Å². The number of hydrogen-bond donors (Lipinski definition) is 1. The molecule has 5 nitrogen and oxygen atoms in total. The van der Waals surface area contributed by atoms with Crippen molar-refractivity contribution in [1.82, 2.24) is 4.90 Å². The van der Waals surface area contributed by atoms with E-state index in [4.69, 9.17) is 11.6 Å². The van der Waals surface area contributed by atoms with Crippen LogP contribution >= 0.6 is 23.4 Å². The van der Waals surface area contributed by atoms with Crippen molar-refractivity contribution in [2.24, 2.45) is 0 Å². The summed E-state index contributed by atoms with van der Waals surface area (Å²) in [4.78, 5) is 37.3. The minimum atomic E-state index is -1.09. The van der Waals surface area contributed by atoms with Gasteiger partial charge in [-0.15, -0.1) is 0 Å². The molecule has 1 fully saturated rings. The van der Waals surface area contributed by atoms with Crippen LogP contribution in [-0.2, 0) is 11.3 Å². The Morgan fingerprint density at radius 2 is 1.80 bits per heavy atom. The topological polar surface area (TPSA) is 74.7 Å². The molecule has 0 saturated carbocycles. The number of rotatable bonds is 4. The second-order valence-corrected chi connectivity index (χ2v) is 6.72. The number of hydrogen-bond acceptors (Lipinski definition) is 4. The van der Waals surface area contributed by atoms with Gasteiger partial charge in [0.25, 0.3) is 11.1 Å². The fraction of sp³-hybridized carbons (Fsp3) is 0.0556. The largest absolute Gasteiger partial charge is 0.478 e. The number of halogens is 1. The molecule has 2 aromatic carbocycles. The van der Waals surface area contributed by atoms with Gasteiger partial charge in [0, 0.05) is 5.02 Å². The zero-order valence-electron chi connectivity index (χ0n) is 12.8. The Labute approximate surface area is 152 Å². The molecule has 25 heavy (non-hydrogen) atoms. The standard InChI is InChI=1S/C18H12ClNO4S/c19-13-7-5-11(6-8-13)10-20-16(21)15(25-18(20)24)9-12-3-1-2-4-14(12)17(22)23/h1-9H,10H2,(H,22,23)/b15-9-. The van der Waals surface area contributed by atoms with Crippen molar-refractivity contribution in [3.8, 4) is 0 Å². The van der Waals surface area contributed by atoms with Gasteiger partial charge in [-0.1, -0.05) is 41.9 Å². The molecule has 1 N–H and O–H groups in total. The van der Waals surface area contributed by atoms with Gasteiger partial charge in [0.2, 0.25) is 0 Å². The summed E-state index contributed by atoms with van der Waals surface area (Å²) in [5.41, 5.74) is 1.23. The zero-order valence-corrected chi connectivity index (χ0v) is 14.4. The van der Waals surface area contributed by atoms with E-state index in [1.165, 1.54) is 12.1 Å². The molecule has 7 heteroatoms. The van der Waals surface area contributed by atoms with Crippen molar-refractivity contribution in [2.45, 2.75) is 6.54 Å². The van der Waals surface area contributed by atoms with Crippen LogP contribution in [0.25, 0.3) is 6.08 Å². The van der Waals surface area contributed by atoms with Crippen LogP contribution in [0.1, 0.15) is 21.5 Å². The average molecular weight is 374 g/mol. The maximum absolute atomic E-state index is 12.5. The highest BCUT2D eigenvalue weighted by Crippen LogP contribution is 2.33. The number of thioether (sulfide) groups is 1. The Kier molecular flexibility index (Phi) is 4.92. The number of aromatic carboxylic acids is 1. The third kappa shape index (κ3) is 3.75. The summed E-state index contributed by atoms with van der Waals surface area (Å²) in [6.07, 6.45) is 1.44. The van der Waals surface area contributed by atoms with E-state index in [1.807, 2.05) is 0 Å². The lowest BCUT2D eigenvalue weighted by Gasteiger charge is -2.12. The Bertz CT molecular complexity index is 892. The van der Waals surface area contributed by atoms with Crippen LogP contribution in [-0.4, -0.2) is 27.1 Å². The number of benzene rings is 2. The molecule has 1 aliphatic rings. The zero-order chi connectivity index (χ0) is 18.0. The van der Waals surface area contributed by atoms with Crippen LogP contribution in [0.15, 0.2) is 53.4 Å². The third-order valence-corrected chi connectivity index (χ3v) is 4.76. The fourth-order valence-corrected chi connectivity index (χ4v) is 3.32. The summed E-state index contributed by atoms with van der Waals surface area (Å²) in [7, 11) is 0. The number of carboxylic acids is 1. The quantitative estimate of drug-likeness (QED) is 0.810. The molecule has 2 amide bonds. The van der Waals surface area contributed by atoms with E-state index in [2.05, 4.69) is 0 Å². The SMILES string of the molecule is O=C(O)c1ccccc1/C=C1\SC(=O)N(Cc2ccc(Cl)cc2)C1=O. The van der Waals surface area contributed by atoms with E-state index in [0.717, 1.165) is 22.2 Å². The molecule has 1 saturated heterocycles. The molecule has 2 aromatic rings. The molecular weight excluding hydrogens is 362 g/mol. The molecule has 1 aliphatic heterocycles. The first-order valence-corrected chi connectivity index (χ1v) is 8.47.